The van der Waals surface area contributed by atoms with Crippen molar-refractivity contribution in [3.05, 3.63) is 29.8 Å². The van der Waals surface area contributed by atoms with Gasteiger partial charge in [-0.2, -0.15) is 4.31 Å². The fraction of sp³-hybridized carbons (Fsp3) is 0.538. The lowest BCUT2D eigenvalue weighted by molar-refractivity contribution is 0.346. The molecule has 0 bridgehead atoms. The SMILES string of the molecule is CS(=O)(=O)NCc1cccc(S(=O)(=O)N2CCCCC2)c1. The molecular weight excluding hydrogens is 312 g/mol. The lowest BCUT2D eigenvalue weighted by Crippen LogP contribution is -2.35. The Morgan fingerprint density at radius 1 is 1.10 bits per heavy atom. The third-order valence-corrected chi connectivity index (χ3v) is 5.95. The Labute approximate surface area is 126 Å². The van der Waals surface area contributed by atoms with Crippen molar-refractivity contribution in [2.45, 2.75) is 30.7 Å². The Hall–Kier alpha value is -0.960. The number of piperidine rings is 1. The summed E-state index contributed by atoms with van der Waals surface area (Å²) < 4.78 is 51.1. The van der Waals surface area contributed by atoms with E-state index in [9.17, 15) is 16.8 Å². The molecule has 0 amide bonds. The summed E-state index contributed by atoms with van der Waals surface area (Å²) >= 11 is 0. The highest BCUT2D eigenvalue weighted by molar-refractivity contribution is 7.89. The zero-order valence-corrected chi connectivity index (χ0v) is 13.6. The van der Waals surface area contributed by atoms with E-state index in [0.29, 0.717) is 18.7 Å². The van der Waals surface area contributed by atoms with Crippen LogP contribution in [0.25, 0.3) is 0 Å². The molecule has 6 nitrogen and oxygen atoms in total. The average molecular weight is 332 g/mol. The van der Waals surface area contributed by atoms with Gasteiger partial charge in [-0.1, -0.05) is 18.6 Å². The van der Waals surface area contributed by atoms with E-state index in [0.717, 1.165) is 25.5 Å². The Bertz CT molecular complexity index is 693. The second-order valence-corrected chi connectivity index (χ2v) is 8.98. The van der Waals surface area contributed by atoms with Crippen molar-refractivity contribution in [3.63, 3.8) is 0 Å². The molecule has 1 N–H and O–H groups in total. The highest BCUT2D eigenvalue weighted by Gasteiger charge is 2.25. The van der Waals surface area contributed by atoms with Crippen LogP contribution in [-0.4, -0.2) is 40.5 Å². The molecule has 118 valence electrons. The minimum absolute atomic E-state index is 0.0855. The molecule has 1 aromatic carbocycles. The van der Waals surface area contributed by atoms with Gasteiger partial charge in [0.25, 0.3) is 0 Å². The highest BCUT2D eigenvalue weighted by Crippen LogP contribution is 2.21. The van der Waals surface area contributed by atoms with E-state index in [1.165, 1.54) is 10.4 Å². The molecule has 8 heteroatoms. The number of benzene rings is 1. The molecule has 1 aliphatic heterocycles. The Balaban J connectivity index is 2.19. The maximum atomic E-state index is 12.5. The summed E-state index contributed by atoms with van der Waals surface area (Å²) in [5.74, 6) is 0. The first-order valence-electron chi connectivity index (χ1n) is 6.83. The third-order valence-electron chi connectivity index (χ3n) is 3.39. The molecule has 1 aromatic rings. The lowest BCUT2D eigenvalue weighted by Gasteiger charge is -2.26. The van der Waals surface area contributed by atoms with E-state index in [4.69, 9.17) is 0 Å². The predicted molar refractivity (Wildman–Crippen MR) is 80.7 cm³/mol. The smallest absolute Gasteiger partial charge is 0.213 e. The van der Waals surface area contributed by atoms with Gasteiger partial charge in [-0.3, -0.25) is 0 Å². The van der Waals surface area contributed by atoms with Crippen molar-refractivity contribution in [3.8, 4) is 0 Å². The Kier molecular flexibility index (Phi) is 5.03. The maximum absolute atomic E-state index is 12.5. The van der Waals surface area contributed by atoms with E-state index in [2.05, 4.69) is 4.72 Å². The van der Waals surface area contributed by atoms with Gasteiger partial charge in [-0.25, -0.2) is 21.6 Å². The van der Waals surface area contributed by atoms with Gasteiger partial charge in [0.15, 0.2) is 0 Å². The topological polar surface area (TPSA) is 83.5 Å². The second kappa shape index (κ2) is 6.43. The van der Waals surface area contributed by atoms with Crippen molar-refractivity contribution in [1.29, 1.82) is 0 Å². The lowest BCUT2D eigenvalue weighted by atomic mass is 10.2. The number of hydrogen-bond acceptors (Lipinski definition) is 4. The van der Waals surface area contributed by atoms with Crippen molar-refractivity contribution in [1.82, 2.24) is 9.03 Å². The number of nitrogens with zero attached hydrogens (tertiary/aromatic N) is 1. The van der Waals surface area contributed by atoms with Crippen LogP contribution in [-0.2, 0) is 26.6 Å². The average Bonchev–Trinajstić information content (AvgIpc) is 2.46. The van der Waals surface area contributed by atoms with Crippen LogP contribution >= 0.6 is 0 Å². The number of nitrogens with one attached hydrogen (secondary N) is 1. The molecule has 1 saturated heterocycles. The van der Waals surface area contributed by atoms with E-state index in [1.54, 1.807) is 18.2 Å². The van der Waals surface area contributed by atoms with E-state index < -0.39 is 20.0 Å². The standard InChI is InChI=1S/C13H20N2O4S2/c1-20(16,17)14-11-12-6-5-7-13(10-12)21(18,19)15-8-3-2-4-9-15/h5-7,10,14H,2-4,8-9,11H2,1H3. The van der Waals surface area contributed by atoms with Crippen LogP contribution in [0.15, 0.2) is 29.2 Å². The van der Waals surface area contributed by atoms with Crippen molar-refractivity contribution in [2.75, 3.05) is 19.3 Å². The van der Waals surface area contributed by atoms with Gasteiger partial charge in [-0.15, -0.1) is 0 Å². The number of hydrogen-bond donors (Lipinski definition) is 1. The number of sulfonamides is 2. The van der Waals surface area contributed by atoms with Gasteiger partial charge < -0.3 is 0 Å². The molecule has 2 rings (SSSR count). The van der Waals surface area contributed by atoms with Gasteiger partial charge in [-0.05, 0) is 30.5 Å². The minimum atomic E-state index is -3.48. The number of rotatable bonds is 5. The van der Waals surface area contributed by atoms with Crippen LogP contribution in [0.1, 0.15) is 24.8 Å². The molecule has 0 aliphatic carbocycles. The summed E-state index contributed by atoms with van der Waals surface area (Å²) in [6, 6.07) is 6.42. The van der Waals surface area contributed by atoms with Gasteiger partial charge in [0.2, 0.25) is 20.0 Å². The molecule has 21 heavy (non-hydrogen) atoms. The fourth-order valence-electron chi connectivity index (χ4n) is 2.28. The summed E-state index contributed by atoms with van der Waals surface area (Å²) in [4.78, 5) is 0.220. The third kappa shape index (κ3) is 4.50. The predicted octanol–water partition coefficient (Wildman–Crippen LogP) is 0.910. The quantitative estimate of drug-likeness (QED) is 0.869. The second-order valence-electron chi connectivity index (χ2n) is 5.21. The van der Waals surface area contributed by atoms with Gasteiger partial charge >= 0.3 is 0 Å². The minimum Gasteiger partial charge on any atom is -0.213 e. The van der Waals surface area contributed by atoms with E-state index in [-0.39, 0.29) is 11.4 Å². The van der Waals surface area contributed by atoms with Crippen LogP contribution in [0, 0.1) is 0 Å². The van der Waals surface area contributed by atoms with E-state index in [1.807, 2.05) is 0 Å². The molecule has 0 radical (unpaired) electrons. The largest absolute Gasteiger partial charge is 0.243 e. The normalized spacial score (nSPS) is 17.8. The first kappa shape index (κ1) is 16.4. The zero-order valence-electron chi connectivity index (χ0n) is 11.9. The van der Waals surface area contributed by atoms with Crippen molar-refractivity contribution >= 4 is 20.0 Å². The van der Waals surface area contributed by atoms with E-state index >= 15 is 0 Å². The molecule has 0 atom stereocenters. The van der Waals surface area contributed by atoms with Crippen LogP contribution in [0.4, 0.5) is 0 Å². The molecule has 1 heterocycles. The van der Waals surface area contributed by atoms with Crippen LogP contribution in [0.2, 0.25) is 0 Å². The highest BCUT2D eigenvalue weighted by atomic mass is 32.2. The van der Waals surface area contributed by atoms with Gasteiger partial charge in [0, 0.05) is 19.6 Å². The van der Waals surface area contributed by atoms with Gasteiger partial charge in [0.1, 0.15) is 0 Å². The van der Waals surface area contributed by atoms with Gasteiger partial charge in [0.05, 0.1) is 11.2 Å². The fourth-order valence-corrected chi connectivity index (χ4v) is 4.30. The molecule has 0 saturated carbocycles. The van der Waals surface area contributed by atoms with Crippen molar-refractivity contribution in [2.24, 2.45) is 0 Å². The summed E-state index contributed by atoms with van der Waals surface area (Å²) in [5.41, 5.74) is 0.624. The molecule has 1 aliphatic rings. The molecule has 0 aromatic heterocycles. The zero-order chi connectivity index (χ0) is 15.5. The van der Waals surface area contributed by atoms with Crippen LogP contribution < -0.4 is 4.72 Å². The first-order valence-corrected chi connectivity index (χ1v) is 10.2. The summed E-state index contributed by atoms with van der Waals surface area (Å²) in [5, 5.41) is 0. The summed E-state index contributed by atoms with van der Waals surface area (Å²) in [7, 11) is -6.78. The summed E-state index contributed by atoms with van der Waals surface area (Å²) in [6.45, 7) is 1.19. The Morgan fingerprint density at radius 3 is 2.38 bits per heavy atom. The molecule has 1 fully saturated rings. The summed E-state index contributed by atoms with van der Waals surface area (Å²) in [6.07, 6.45) is 3.90. The van der Waals surface area contributed by atoms with Crippen LogP contribution in [0.5, 0.6) is 0 Å². The first-order chi connectivity index (χ1) is 9.79. The monoisotopic (exact) mass is 332 g/mol. The molecule has 0 spiro atoms. The van der Waals surface area contributed by atoms with Crippen LogP contribution in [0.3, 0.4) is 0 Å². The molecule has 0 unspecified atom stereocenters. The van der Waals surface area contributed by atoms with Crippen molar-refractivity contribution < 1.29 is 16.8 Å². The Morgan fingerprint density at radius 2 is 1.76 bits per heavy atom. The maximum Gasteiger partial charge on any atom is 0.243 e. The molecular formula is C13H20N2O4S2.